The van der Waals surface area contributed by atoms with Gasteiger partial charge < -0.3 is 24.5 Å². The van der Waals surface area contributed by atoms with Gasteiger partial charge in [0.2, 0.25) is 17.7 Å². The van der Waals surface area contributed by atoms with E-state index in [2.05, 4.69) is 47.8 Å². The number of carbonyl (C=O) groups is 4. The highest BCUT2D eigenvalue weighted by atomic mass is 19.3. The van der Waals surface area contributed by atoms with Crippen molar-refractivity contribution in [1.29, 1.82) is 0 Å². The zero-order chi connectivity index (χ0) is 44.9. The van der Waals surface area contributed by atoms with E-state index >= 15 is 0 Å². The minimum absolute atomic E-state index is 0.0298. The summed E-state index contributed by atoms with van der Waals surface area (Å²) in [6, 6.07) is 10.4. The van der Waals surface area contributed by atoms with Crippen molar-refractivity contribution in [2.75, 3.05) is 50.0 Å². The molecule has 3 aliphatic heterocycles. The number of morpholine rings is 1. The monoisotopic (exact) mass is 893 g/mol. The summed E-state index contributed by atoms with van der Waals surface area (Å²) in [5, 5.41) is 12.4. The summed E-state index contributed by atoms with van der Waals surface area (Å²) < 4.78 is 47.2. The van der Waals surface area contributed by atoms with Gasteiger partial charge in [-0.3, -0.25) is 34.2 Å². The molecule has 1 unspecified atom stereocenters. The molecule has 3 saturated heterocycles. The quantitative estimate of drug-likeness (QED) is 0.0830. The number of ether oxygens (including phenoxy) is 2. The molecule has 3 aromatic heterocycles. The van der Waals surface area contributed by atoms with Gasteiger partial charge in [-0.2, -0.15) is 5.10 Å². The average molecular weight is 894 g/mol. The van der Waals surface area contributed by atoms with Crippen LogP contribution < -0.4 is 16.0 Å². The molecule has 2 saturated carbocycles. The van der Waals surface area contributed by atoms with Gasteiger partial charge >= 0.3 is 6.09 Å². The number of hydrogen-bond donors (Lipinski definition) is 3. The fourth-order valence-electron chi connectivity index (χ4n) is 9.13. The molecule has 5 aliphatic rings. The standard InChI is InChI=1S/C47H53F2N9O7/c48-43(49)42-36(52-44(60)37-28-64-46(53-37)33-18-19-50-40(23-33)51-24-31-6-7-31)26-58(55-42)34-14-10-29(11-15-34)3-1-5-35-25-56(21-22-63-35)20-2-4-30-8-12-32(13-9-30)39-27-57(47(62)65-39)38-16-17-41(59)54-45(38)61/h8-9,12-13,18-19,23,26,28-29,31,34-35,38-39,43H,1,3,5-7,10-11,14-17,20-22,24-25,27H2,(H,50,51)(H,52,60)(H,54,59,61)/t29?,34?,35-,38?,39+/m0/s1. The first-order valence-electron chi connectivity index (χ1n) is 22.7. The highest BCUT2D eigenvalue weighted by Gasteiger charge is 2.42. The molecule has 3 atom stereocenters. The maximum absolute atomic E-state index is 14.2. The molecule has 4 aromatic rings. The second-order valence-electron chi connectivity index (χ2n) is 17.7. The summed E-state index contributed by atoms with van der Waals surface area (Å²) in [6.07, 6.45) is 10.1. The van der Waals surface area contributed by atoms with Crippen LogP contribution in [0, 0.1) is 23.7 Å². The summed E-state index contributed by atoms with van der Waals surface area (Å²) in [5.74, 6) is 7.19. The molecule has 1 aromatic carbocycles. The molecule has 0 spiro atoms. The molecule has 9 rings (SSSR count). The second kappa shape index (κ2) is 19.9. The highest BCUT2D eigenvalue weighted by molar-refractivity contribution is 6.03. The predicted molar refractivity (Wildman–Crippen MR) is 233 cm³/mol. The van der Waals surface area contributed by atoms with E-state index in [1.54, 1.807) is 23.0 Å². The van der Waals surface area contributed by atoms with E-state index in [1.165, 1.54) is 30.2 Å². The molecule has 342 valence electrons. The number of cyclic esters (lactones) is 1. The first-order chi connectivity index (χ1) is 31.6. The van der Waals surface area contributed by atoms with Crippen LogP contribution in [0.5, 0.6) is 0 Å². The topological polar surface area (TPSA) is 186 Å². The van der Waals surface area contributed by atoms with E-state index in [0.29, 0.717) is 36.4 Å². The largest absolute Gasteiger partial charge is 0.444 e. The van der Waals surface area contributed by atoms with Crippen LogP contribution in [-0.4, -0.2) is 105 Å². The maximum Gasteiger partial charge on any atom is 0.411 e. The molecule has 18 heteroatoms. The molecular weight excluding hydrogens is 841 g/mol. The van der Waals surface area contributed by atoms with Crippen LogP contribution in [-0.2, 0) is 19.1 Å². The van der Waals surface area contributed by atoms with Crippen molar-refractivity contribution in [2.45, 2.75) is 101 Å². The third-order valence-electron chi connectivity index (χ3n) is 13.0. The highest BCUT2D eigenvalue weighted by Crippen LogP contribution is 2.37. The number of nitrogens with one attached hydrogen (secondary N) is 3. The number of pyridine rings is 1. The van der Waals surface area contributed by atoms with E-state index in [0.717, 1.165) is 75.7 Å². The molecule has 6 heterocycles. The third kappa shape index (κ3) is 11.0. The molecular formula is C47H53F2N9O7. The molecule has 0 radical (unpaired) electrons. The Morgan fingerprint density at radius 2 is 1.80 bits per heavy atom. The van der Waals surface area contributed by atoms with Crippen LogP contribution in [0.25, 0.3) is 11.5 Å². The van der Waals surface area contributed by atoms with Gasteiger partial charge in [0.1, 0.15) is 24.2 Å². The number of benzene rings is 1. The number of amides is 4. The molecule has 16 nitrogen and oxygen atoms in total. The van der Waals surface area contributed by atoms with Crippen LogP contribution in [0.2, 0.25) is 0 Å². The Morgan fingerprint density at radius 3 is 2.58 bits per heavy atom. The smallest absolute Gasteiger partial charge is 0.411 e. The lowest BCUT2D eigenvalue weighted by Gasteiger charge is -2.32. The molecule has 3 N–H and O–H groups in total. The summed E-state index contributed by atoms with van der Waals surface area (Å²) in [7, 11) is 0. The van der Waals surface area contributed by atoms with Gasteiger partial charge in [0, 0.05) is 49.6 Å². The van der Waals surface area contributed by atoms with Crippen molar-refractivity contribution in [3.63, 3.8) is 0 Å². The summed E-state index contributed by atoms with van der Waals surface area (Å²) in [6.45, 7) is 3.97. The number of imide groups is 1. The minimum atomic E-state index is -2.87. The molecule has 0 bridgehead atoms. The maximum atomic E-state index is 14.2. The van der Waals surface area contributed by atoms with Crippen molar-refractivity contribution in [1.82, 2.24) is 34.9 Å². The molecule has 4 amide bonds. The number of nitrogens with zero attached hydrogens (tertiary/aromatic N) is 6. The SMILES string of the molecule is O=C1CCC(N2C[C@H](c3ccc(C#CCN4CCO[C@@H](CCCC5CCC(n6cc(NC(=O)c7coc(-c8ccnc(NCC9CC9)c8)n7)c(C(F)F)n6)CC5)C4)cc3)OC2=O)C(=O)N1. The first-order valence-corrected chi connectivity index (χ1v) is 22.7. The van der Waals surface area contributed by atoms with Gasteiger partial charge in [0.05, 0.1) is 37.5 Å². The third-order valence-corrected chi connectivity index (χ3v) is 13.0. The Morgan fingerprint density at radius 1 is 0.985 bits per heavy atom. The van der Waals surface area contributed by atoms with Crippen LogP contribution in [0.4, 0.5) is 25.1 Å². The predicted octanol–water partition coefficient (Wildman–Crippen LogP) is 6.90. The zero-order valence-electron chi connectivity index (χ0n) is 36.1. The first kappa shape index (κ1) is 44.0. The fraction of sp³-hybridized carbons (Fsp3) is 0.511. The van der Waals surface area contributed by atoms with Crippen molar-refractivity contribution in [3.05, 3.63) is 77.6 Å². The van der Waals surface area contributed by atoms with Crippen molar-refractivity contribution >= 4 is 35.3 Å². The number of alkyl halides is 2. The fourth-order valence-corrected chi connectivity index (χ4v) is 9.13. The lowest BCUT2D eigenvalue weighted by Crippen LogP contribution is -2.52. The van der Waals surface area contributed by atoms with Gasteiger partial charge in [-0.05, 0) is 93.0 Å². The number of hydrogen-bond acceptors (Lipinski definition) is 12. The Kier molecular flexibility index (Phi) is 13.5. The van der Waals surface area contributed by atoms with Crippen LogP contribution >= 0.6 is 0 Å². The van der Waals surface area contributed by atoms with Crippen LogP contribution in [0.15, 0.2) is 59.5 Å². The number of halogens is 2. The number of oxazole rings is 1. The molecule has 65 heavy (non-hydrogen) atoms. The van der Waals surface area contributed by atoms with E-state index in [4.69, 9.17) is 13.9 Å². The number of aromatic nitrogens is 4. The minimum Gasteiger partial charge on any atom is -0.444 e. The van der Waals surface area contributed by atoms with Crippen molar-refractivity contribution in [3.8, 4) is 23.3 Å². The Hall–Kier alpha value is -6.19. The van der Waals surface area contributed by atoms with Crippen LogP contribution in [0.1, 0.15) is 117 Å². The van der Waals surface area contributed by atoms with Gasteiger partial charge in [0.25, 0.3) is 12.3 Å². The van der Waals surface area contributed by atoms with E-state index < -0.39 is 42.2 Å². The van der Waals surface area contributed by atoms with Crippen LogP contribution in [0.3, 0.4) is 0 Å². The molecule has 2 aliphatic carbocycles. The van der Waals surface area contributed by atoms with E-state index in [9.17, 15) is 28.0 Å². The summed E-state index contributed by atoms with van der Waals surface area (Å²) in [5.41, 5.74) is 1.77. The number of rotatable bonds is 15. The molecule has 5 fully saturated rings. The summed E-state index contributed by atoms with van der Waals surface area (Å²) >= 11 is 0. The zero-order valence-corrected chi connectivity index (χ0v) is 36.1. The van der Waals surface area contributed by atoms with E-state index in [-0.39, 0.29) is 54.7 Å². The van der Waals surface area contributed by atoms with Gasteiger partial charge in [-0.15, -0.1) is 0 Å². The number of piperidine rings is 1. The number of anilines is 2. The summed E-state index contributed by atoms with van der Waals surface area (Å²) in [4.78, 5) is 61.9. The average Bonchev–Trinajstić information content (AvgIpc) is 3.62. The normalized spacial score (nSPS) is 23.8. The number of carbonyl (C=O) groups excluding carboxylic acids is 4. The second-order valence-corrected chi connectivity index (χ2v) is 17.7. The Balaban J connectivity index is 0.692. The Bertz CT molecular complexity index is 2420. The van der Waals surface area contributed by atoms with Crippen molar-refractivity contribution < 1.29 is 41.8 Å². The van der Waals surface area contributed by atoms with Crippen molar-refractivity contribution in [2.24, 2.45) is 11.8 Å². The van der Waals surface area contributed by atoms with Gasteiger partial charge in [0.15, 0.2) is 11.4 Å². The lowest BCUT2D eigenvalue weighted by atomic mass is 9.83. The lowest BCUT2D eigenvalue weighted by molar-refractivity contribution is -0.136. The Labute approximate surface area is 375 Å². The van der Waals surface area contributed by atoms with E-state index in [1.807, 2.05) is 24.3 Å². The van der Waals surface area contributed by atoms with Gasteiger partial charge in [-0.25, -0.2) is 23.5 Å². The van der Waals surface area contributed by atoms with Gasteiger partial charge in [-0.1, -0.05) is 36.8 Å².